The maximum absolute atomic E-state index is 9.52. The van der Waals surface area contributed by atoms with Crippen molar-refractivity contribution < 1.29 is 14.6 Å². The van der Waals surface area contributed by atoms with E-state index in [1.165, 1.54) is 0 Å². The zero-order valence-electron chi connectivity index (χ0n) is 7.36. The number of fused-ring (bicyclic) bond motifs is 1. The van der Waals surface area contributed by atoms with Crippen LogP contribution >= 0.6 is 0 Å². The van der Waals surface area contributed by atoms with Crippen molar-refractivity contribution in [3.05, 3.63) is 12.2 Å². The molecule has 0 spiro atoms. The number of aliphatic hydroxyl groups is 1. The Kier molecular flexibility index (Phi) is 1.75. The Balaban J connectivity index is 2.15. The van der Waals surface area contributed by atoms with Crippen LogP contribution in [0.5, 0.6) is 0 Å². The standard InChI is InChI=1S/C9H14O3/c1-9(2)11-7-5-3-4-6(10)8(7)12-9/h3-4,6-8,10H,5H2,1-2H3. The molecule has 1 fully saturated rings. The summed E-state index contributed by atoms with van der Waals surface area (Å²) in [6, 6.07) is 0. The molecule has 0 radical (unpaired) electrons. The van der Waals surface area contributed by atoms with Crippen LogP contribution in [-0.4, -0.2) is 29.2 Å². The zero-order chi connectivity index (χ0) is 8.77. The highest BCUT2D eigenvalue weighted by Gasteiger charge is 2.44. The molecule has 3 unspecified atom stereocenters. The molecular weight excluding hydrogens is 156 g/mol. The van der Waals surface area contributed by atoms with E-state index in [1.54, 1.807) is 6.08 Å². The fraction of sp³-hybridized carbons (Fsp3) is 0.778. The summed E-state index contributed by atoms with van der Waals surface area (Å²) in [6.07, 6.45) is 3.89. The van der Waals surface area contributed by atoms with E-state index in [1.807, 2.05) is 19.9 Å². The molecule has 68 valence electrons. The third kappa shape index (κ3) is 1.28. The van der Waals surface area contributed by atoms with Gasteiger partial charge in [0.1, 0.15) is 12.2 Å². The lowest BCUT2D eigenvalue weighted by atomic mass is 9.99. The van der Waals surface area contributed by atoms with Gasteiger partial charge in [0.15, 0.2) is 5.79 Å². The van der Waals surface area contributed by atoms with E-state index in [0.717, 1.165) is 6.42 Å². The third-order valence-electron chi connectivity index (χ3n) is 2.26. The predicted molar refractivity (Wildman–Crippen MR) is 43.6 cm³/mol. The first-order valence-electron chi connectivity index (χ1n) is 4.29. The minimum absolute atomic E-state index is 0.0278. The SMILES string of the molecule is CC1(C)OC2CC=CC(O)C2O1. The molecule has 0 amide bonds. The highest BCUT2D eigenvalue weighted by atomic mass is 16.8. The molecular formula is C9H14O3. The summed E-state index contributed by atoms with van der Waals surface area (Å²) >= 11 is 0. The van der Waals surface area contributed by atoms with Gasteiger partial charge >= 0.3 is 0 Å². The molecule has 1 N–H and O–H groups in total. The molecule has 0 aromatic rings. The Morgan fingerprint density at radius 3 is 2.83 bits per heavy atom. The van der Waals surface area contributed by atoms with Gasteiger partial charge in [-0.2, -0.15) is 0 Å². The molecule has 0 bridgehead atoms. The molecule has 2 aliphatic rings. The van der Waals surface area contributed by atoms with Crippen molar-refractivity contribution in [2.45, 2.75) is 44.4 Å². The van der Waals surface area contributed by atoms with Gasteiger partial charge in [-0.25, -0.2) is 0 Å². The molecule has 12 heavy (non-hydrogen) atoms. The number of rotatable bonds is 0. The van der Waals surface area contributed by atoms with E-state index >= 15 is 0 Å². The molecule has 0 saturated carbocycles. The molecule has 0 aromatic carbocycles. The zero-order valence-corrected chi connectivity index (χ0v) is 7.36. The number of hydrogen-bond donors (Lipinski definition) is 1. The number of ether oxygens (including phenoxy) is 2. The van der Waals surface area contributed by atoms with Crippen molar-refractivity contribution in [2.24, 2.45) is 0 Å². The fourth-order valence-corrected chi connectivity index (χ4v) is 1.80. The smallest absolute Gasteiger partial charge is 0.163 e. The van der Waals surface area contributed by atoms with Crippen LogP contribution in [0.1, 0.15) is 20.3 Å². The lowest BCUT2D eigenvalue weighted by molar-refractivity contribution is -0.151. The maximum Gasteiger partial charge on any atom is 0.163 e. The third-order valence-corrected chi connectivity index (χ3v) is 2.26. The van der Waals surface area contributed by atoms with Crippen LogP contribution < -0.4 is 0 Å². The normalized spacial score (nSPS) is 44.4. The molecule has 2 rings (SSSR count). The topological polar surface area (TPSA) is 38.7 Å². The largest absolute Gasteiger partial charge is 0.386 e. The quantitative estimate of drug-likeness (QED) is 0.547. The van der Waals surface area contributed by atoms with Gasteiger partial charge in [0.05, 0.1) is 6.10 Å². The maximum atomic E-state index is 9.52. The molecule has 1 heterocycles. The van der Waals surface area contributed by atoms with Crippen LogP contribution in [-0.2, 0) is 9.47 Å². The van der Waals surface area contributed by atoms with Gasteiger partial charge in [-0.15, -0.1) is 0 Å². The van der Waals surface area contributed by atoms with Gasteiger partial charge in [-0.1, -0.05) is 12.2 Å². The van der Waals surface area contributed by atoms with Crippen molar-refractivity contribution in [2.75, 3.05) is 0 Å². The van der Waals surface area contributed by atoms with Crippen molar-refractivity contribution in [3.8, 4) is 0 Å². The summed E-state index contributed by atoms with van der Waals surface area (Å²) < 4.78 is 11.1. The van der Waals surface area contributed by atoms with E-state index in [9.17, 15) is 5.11 Å². The van der Waals surface area contributed by atoms with Gasteiger partial charge < -0.3 is 14.6 Å². The summed E-state index contributed by atoms with van der Waals surface area (Å²) in [5.41, 5.74) is 0. The van der Waals surface area contributed by atoms with Crippen molar-refractivity contribution in [1.82, 2.24) is 0 Å². The van der Waals surface area contributed by atoms with Gasteiger partial charge in [0, 0.05) is 0 Å². The average molecular weight is 170 g/mol. The van der Waals surface area contributed by atoms with Gasteiger partial charge in [0.2, 0.25) is 0 Å². The Morgan fingerprint density at radius 1 is 1.42 bits per heavy atom. The predicted octanol–water partition coefficient (Wildman–Crippen LogP) is 0.827. The van der Waals surface area contributed by atoms with Crippen LogP contribution in [0.25, 0.3) is 0 Å². The first-order valence-corrected chi connectivity index (χ1v) is 4.29. The van der Waals surface area contributed by atoms with E-state index in [4.69, 9.17) is 9.47 Å². The molecule has 3 heteroatoms. The van der Waals surface area contributed by atoms with Gasteiger partial charge in [-0.3, -0.25) is 0 Å². The van der Waals surface area contributed by atoms with Crippen LogP contribution in [0.3, 0.4) is 0 Å². The second-order valence-corrected chi connectivity index (χ2v) is 3.79. The Hall–Kier alpha value is -0.380. The van der Waals surface area contributed by atoms with Crippen LogP contribution in [0, 0.1) is 0 Å². The second kappa shape index (κ2) is 2.55. The molecule has 3 atom stereocenters. The molecule has 1 saturated heterocycles. The fourth-order valence-electron chi connectivity index (χ4n) is 1.80. The summed E-state index contributed by atoms with van der Waals surface area (Å²) in [5, 5.41) is 9.52. The van der Waals surface area contributed by atoms with Crippen LogP contribution in [0.4, 0.5) is 0 Å². The molecule has 1 aliphatic carbocycles. The van der Waals surface area contributed by atoms with Crippen molar-refractivity contribution in [1.29, 1.82) is 0 Å². The second-order valence-electron chi connectivity index (χ2n) is 3.79. The Morgan fingerprint density at radius 2 is 2.17 bits per heavy atom. The first-order chi connectivity index (χ1) is 5.58. The molecule has 1 aliphatic heterocycles. The van der Waals surface area contributed by atoms with E-state index in [2.05, 4.69) is 0 Å². The Labute approximate surface area is 72.0 Å². The highest BCUT2D eigenvalue weighted by Crippen LogP contribution is 2.34. The van der Waals surface area contributed by atoms with E-state index in [-0.39, 0.29) is 12.2 Å². The van der Waals surface area contributed by atoms with Gasteiger partial charge in [-0.05, 0) is 20.3 Å². The number of aliphatic hydroxyl groups excluding tert-OH is 1. The first kappa shape index (κ1) is 8.23. The minimum atomic E-state index is -0.539. The lowest BCUT2D eigenvalue weighted by Gasteiger charge is -2.22. The van der Waals surface area contributed by atoms with Crippen LogP contribution in [0.15, 0.2) is 12.2 Å². The Bertz CT molecular complexity index is 210. The summed E-state index contributed by atoms with van der Waals surface area (Å²) in [6.45, 7) is 3.75. The molecule has 3 nitrogen and oxygen atoms in total. The van der Waals surface area contributed by atoms with E-state index < -0.39 is 11.9 Å². The summed E-state index contributed by atoms with van der Waals surface area (Å²) in [4.78, 5) is 0. The van der Waals surface area contributed by atoms with Gasteiger partial charge in [0.25, 0.3) is 0 Å². The highest BCUT2D eigenvalue weighted by molar-refractivity contribution is 5.05. The van der Waals surface area contributed by atoms with Crippen molar-refractivity contribution in [3.63, 3.8) is 0 Å². The monoisotopic (exact) mass is 170 g/mol. The lowest BCUT2D eigenvalue weighted by Crippen LogP contribution is -2.36. The van der Waals surface area contributed by atoms with Crippen LogP contribution in [0.2, 0.25) is 0 Å². The summed E-state index contributed by atoms with van der Waals surface area (Å²) in [5.74, 6) is -0.539. The van der Waals surface area contributed by atoms with E-state index in [0.29, 0.717) is 0 Å². The minimum Gasteiger partial charge on any atom is -0.386 e. The number of hydrogen-bond acceptors (Lipinski definition) is 3. The molecule has 0 aromatic heterocycles. The van der Waals surface area contributed by atoms with Crippen molar-refractivity contribution >= 4 is 0 Å². The average Bonchev–Trinajstić information content (AvgIpc) is 2.25. The summed E-state index contributed by atoms with van der Waals surface area (Å²) in [7, 11) is 0.